The summed E-state index contributed by atoms with van der Waals surface area (Å²) in [5.41, 5.74) is 0.315. The molecule has 1 saturated carbocycles. The number of ether oxygens (including phenoxy) is 3. The second kappa shape index (κ2) is 9.13. The van der Waals surface area contributed by atoms with E-state index in [9.17, 15) is 19.5 Å². The lowest BCUT2D eigenvalue weighted by Crippen LogP contribution is -2.66. The standard InChI is InChI=1S/C22H30N2O7/c1-21(2,3)31-20(28)24-13-22(14-24)9-16(10-22)29-12-17(18(25)26)23-19(27)30-11-15-7-5-4-6-8-15/h4-8,16-17H,9-14H2,1-3H3,(H,23,27)(H,25,26)/t17-/m0/s1. The van der Waals surface area contributed by atoms with Crippen LogP contribution >= 0.6 is 0 Å². The number of hydrogen-bond donors (Lipinski definition) is 2. The van der Waals surface area contributed by atoms with Gasteiger partial charge in [0, 0.05) is 18.5 Å². The highest BCUT2D eigenvalue weighted by Gasteiger charge is 2.55. The second-order valence-electron chi connectivity index (χ2n) is 9.30. The van der Waals surface area contributed by atoms with Crippen LogP contribution in [0.2, 0.25) is 0 Å². The third kappa shape index (κ3) is 6.33. The summed E-state index contributed by atoms with van der Waals surface area (Å²) in [5, 5.41) is 11.7. The largest absolute Gasteiger partial charge is 0.480 e. The van der Waals surface area contributed by atoms with Crippen molar-refractivity contribution in [2.75, 3.05) is 19.7 Å². The minimum Gasteiger partial charge on any atom is -0.480 e. The number of alkyl carbamates (subject to hydrolysis) is 1. The number of carboxylic acid groups (broad SMARTS) is 1. The maximum atomic E-state index is 12.0. The van der Waals surface area contributed by atoms with Crippen molar-refractivity contribution in [3.8, 4) is 0 Å². The van der Waals surface area contributed by atoms with Gasteiger partial charge < -0.3 is 29.5 Å². The van der Waals surface area contributed by atoms with Crippen molar-refractivity contribution in [1.29, 1.82) is 0 Å². The molecular weight excluding hydrogens is 404 g/mol. The molecule has 2 aliphatic rings. The van der Waals surface area contributed by atoms with Crippen LogP contribution in [-0.4, -0.2) is 65.6 Å². The zero-order valence-electron chi connectivity index (χ0n) is 18.1. The van der Waals surface area contributed by atoms with Gasteiger partial charge in [0.1, 0.15) is 12.2 Å². The molecule has 1 aromatic carbocycles. The number of nitrogens with zero attached hydrogens (tertiary/aromatic N) is 1. The van der Waals surface area contributed by atoms with Crippen LogP contribution < -0.4 is 5.32 Å². The Bertz CT molecular complexity index is 792. The molecule has 3 rings (SSSR count). The fourth-order valence-corrected chi connectivity index (χ4v) is 3.82. The quantitative estimate of drug-likeness (QED) is 0.678. The summed E-state index contributed by atoms with van der Waals surface area (Å²) in [6, 6.07) is 7.92. The number of aliphatic carboxylic acids is 1. The highest BCUT2D eigenvalue weighted by molar-refractivity contribution is 5.80. The van der Waals surface area contributed by atoms with E-state index in [-0.39, 0.29) is 30.8 Å². The van der Waals surface area contributed by atoms with Gasteiger partial charge in [-0.2, -0.15) is 0 Å². The molecule has 170 valence electrons. The molecule has 9 nitrogen and oxygen atoms in total. The third-order valence-electron chi connectivity index (χ3n) is 5.33. The normalized spacial score (nSPS) is 18.5. The van der Waals surface area contributed by atoms with E-state index >= 15 is 0 Å². The van der Waals surface area contributed by atoms with Crippen LogP contribution in [0.5, 0.6) is 0 Å². The fourth-order valence-electron chi connectivity index (χ4n) is 3.82. The van der Waals surface area contributed by atoms with E-state index in [2.05, 4.69) is 5.32 Å². The average Bonchev–Trinajstić information content (AvgIpc) is 2.62. The van der Waals surface area contributed by atoms with E-state index in [4.69, 9.17) is 14.2 Å². The predicted octanol–water partition coefficient (Wildman–Crippen LogP) is 2.78. The van der Waals surface area contributed by atoms with Gasteiger partial charge in [-0.1, -0.05) is 30.3 Å². The number of carbonyl (C=O) groups excluding carboxylic acids is 2. The van der Waals surface area contributed by atoms with E-state index < -0.39 is 23.7 Å². The Kier molecular flexibility index (Phi) is 6.74. The molecule has 31 heavy (non-hydrogen) atoms. The van der Waals surface area contributed by atoms with Gasteiger partial charge in [-0.3, -0.25) is 0 Å². The predicted molar refractivity (Wildman–Crippen MR) is 110 cm³/mol. The van der Waals surface area contributed by atoms with Gasteiger partial charge in [-0.25, -0.2) is 14.4 Å². The van der Waals surface area contributed by atoms with Gasteiger partial charge in [0.05, 0.1) is 12.7 Å². The Morgan fingerprint density at radius 1 is 1.19 bits per heavy atom. The highest BCUT2D eigenvalue weighted by Crippen LogP contribution is 2.49. The molecule has 0 radical (unpaired) electrons. The van der Waals surface area contributed by atoms with E-state index in [0.717, 1.165) is 18.4 Å². The van der Waals surface area contributed by atoms with Crippen LogP contribution in [0.15, 0.2) is 30.3 Å². The maximum Gasteiger partial charge on any atom is 0.410 e. The maximum absolute atomic E-state index is 12.0. The number of benzene rings is 1. The lowest BCUT2D eigenvalue weighted by atomic mass is 9.62. The first-order valence-electron chi connectivity index (χ1n) is 10.3. The number of rotatable bonds is 7. The smallest absolute Gasteiger partial charge is 0.410 e. The molecule has 2 amide bonds. The summed E-state index contributed by atoms with van der Waals surface area (Å²) in [6.07, 6.45) is 0.280. The zero-order valence-corrected chi connectivity index (χ0v) is 18.1. The molecule has 1 aromatic rings. The first kappa shape index (κ1) is 22.9. The van der Waals surface area contributed by atoms with Crippen LogP contribution in [0.3, 0.4) is 0 Å². The van der Waals surface area contributed by atoms with Crippen molar-refractivity contribution < 1.29 is 33.7 Å². The van der Waals surface area contributed by atoms with Crippen molar-refractivity contribution in [2.24, 2.45) is 5.41 Å². The number of carbonyl (C=O) groups is 3. The summed E-state index contributed by atoms with van der Waals surface area (Å²) in [5.74, 6) is -1.19. The Morgan fingerprint density at radius 3 is 2.42 bits per heavy atom. The lowest BCUT2D eigenvalue weighted by molar-refractivity contribution is -0.157. The van der Waals surface area contributed by atoms with Gasteiger partial charge in [0.25, 0.3) is 0 Å². The van der Waals surface area contributed by atoms with E-state index in [1.165, 1.54) is 0 Å². The lowest BCUT2D eigenvalue weighted by Gasteiger charge is -2.58. The number of hydrogen-bond acceptors (Lipinski definition) is 6. The number of nitrogens with one attached hydrogen (secondary N) is 1. The van der Waals surface area contributed by atoms with Crippen molar-refractivity contribution in [1.82, 2.24) is 10.2 Å². The van der Waals surface area contributed by atoms with Crippen molar-refractivity contribution in [2.45, 2.75) is 58.0 Å². The zero-order chi connectivity index (χ0) is 22.6. The minimum atomic E-state index is -1.19. The van der Waals surface area contributed by atoms with Gasteiger partial charge in [-0.05, 0) is 39.2 Å². The first-order chi connectivity index (χ1) is 14.6. The van der Waals surface area contributed by atoms with Crippen LogP contribution in [0.25, 0.3) is 0 Å². The summed E-state index contributed by atoms with van der Waals surface area (Å²) in [7, 11) is 0. The molecule has 1 aliphatic carbocycles. The molecule has 2 fully saturated rings. The molecule has 0 bridgehead atoms. The number of amides is 2. The summed E-state index contributed by atoms with van der Waals surface area (Å²) < 4.78 is 16.1. The van der Waals surface area contributed by atoms with Crippen LogP contribution in [0.1, 0.15) is 39.2 Å². The average molecular weight is 434 g/mol. The topological polar surface area (TPSA) is 114 Å². The third-order valence-corrected chi connectivity index (χ3v) is 5.33. The molecule has 1 heterocycles. The molecular formula is C22H30N2O7. The second-order valence-corrected chi connectivity index (χ2v) is 9.30. The number of carboxylic acids is 1. The molecule has 9 heteroatoms. The summed E-state index contributed by atoms with van der Waals surface area (Å²) in [6.45, 7) is 6.64. The van der Waals surface area contributed by atoms with E-state index in [0.29, 0.717) is 13.1 Å². The molecule has 1 atom stereocenters. The summed E-state index contributed by atoms with van der Waals surface area (Å²) >= 11 is 0. The van der Waals surface area contributed by atoms with Crippen molar-refractivity contribution in [3.05, 3.63) is 35.9 Å². The SMILES string of the molecule is CC(C)(C)OC(=O)N1CC2(CC(OC[C@H](NC(=O)OCc3ccccc3)C(=O)O)C2)C1. The van der Waals surface area contributed by atoms with Crippen molar-refractivity contribution in [3.63, 3.8) is 0 Å². The fraction of sp³-hybridized carbons (Fsp3) is 0.591. The Balaban J connectivity index is 1.35. The van der Waals surface area contributed by atoms with Gasteiger partial charge in [0.2, 0.25) is 0 Å². The van der Waals surface area contributed by atoms with Gasteiger partial charge in [-0.15, -0.1) is 0 Å². The molecule has 0 aromatic heterocycles. The summed E-state index contributed by atoms with van der Waals surface area (Å²) in [4.78, 5) is 37.1. The Hall–Kier alpha value is -2.81. The number of likely N-dealkylation sites (tertiary alicyclic amines) is 1. The first-order valence-corrected chi connectivity index (χ1v) is 10.3. The molecule has 1 aliphatic heterocycles. The Morgan fingerprint density at radius 2 is 1.84 bits per heavy atom. The highest BCUT2D eigenvalue weighted by atomic mass is 16.6. The van der Waals surface area contributed by atoms with Crippen LogP contribution in [0.4, 0.5) is 9.59 Å². The van der Waals surface area contributed by atoms with Gasteiger partial charge in [0.15, 0.2) is 6.04 Å². The molecule has 1 saturated heterocycles. The Labute approximate surface area is 181 Å². The van der Waals surface area contributed by atoms with Crippen LogP contribution in [-0.2, 0) is 25.6 Å². The van der Waals surface area contributed by atoms with E-state index in [1.54, 1.807) is 4.90 Å². The van der Waals surface area contributed by atoms with E-state index in [1.807, 2.05) is 51.1 Å². The molecule has 0 unspecified atom stereocenters. The minimum absolute atomic E-state index is 0.0301. The molecule has 2 N–H and O–H groups in total. The van der Waals surface area contributed by atoms with Gasteiger partial charge >= 0.3 is 18.2 Å². The van der Waals surface area contributed by atoms with Crippen molar-refractivity contribution >= 4 is 18.2 Å². The monoisotopic (exact) mass is 434 g/mol. The molecule has 1 spiro atoms. The van der Waals surface area contributed by atoms with Crippen LogP contribution in [0, 0.1) is 5.41 Å².